The van der Waals surface area contributed by atoms with Crippen molar-refractivity contribution in [2.75, 3.05) is 51.2 Å². The highest BCUT2D eigenvalue weighted by Gasteiger charge is 2.28. The molecule has 0 spiro atoms. The van der Waals surface area contributed by atoms with E-state index in [1.807, 2.05) is 31.2 Å². The third-order valence-corrected chi connectivity index (χ3v) is 8.18. The lowest BCUT2D eigenvalue weighted by molar-refractivity contribution is -0.118. The zero-order chi connectivity index (χ0) is 32.4. The van der Waals surface area contributed by atoms with Crippen molar-refractivity contribution in [2.24, 2.45) is 5.41 Å². The number of likely N-dealkylation sites (N-methyl/N-ethyl adjacent to an activating group) is 1. The average molecular weight is 606 g/mol. The van der Waals surface area contributed by atoms with Gasteiger partial charge in [0, 0.05) is 43.3 Å². The van der Waals surface area contributed by atoms with E-state index in [2.05, 4.69) is 93.1 Å². The zero-order valence-electron chi connectivity index (χ0n) is 28.1. The standard InChI is InChI=1S/C34H51N7O3/c1-22-11-12-23(16-29(22)41-20-28(37-38-41)32(43)35-21-33(2,3)4)31(42)36-27-17-25(34(5,6)7)15-24(30(27)44-10)18-40-14-13-26(19-40)39(8)9/h11-12,15-17,20,26,37-38H,13-14,18-19,21H2,1-10H3,(H,35,43)(H,36,42). The van der Waals surface area contributed by atoms with E-state index in [9.17, 15) is 9.59 Å². The van der Waals surface area contributed by atoms with Crippen LogP contribution in [0.2, 0.25) is 0 Å². The minimum absolute atomic E-state index is 0.0284. The monoisotopic (exact) mass is 605 g/mol. The maximum Gasteiger partial charge on any atom is 0.270 e. The van der Waals surface area contributed by atoms with Crippen molar-refractivity contribution < 1.29 is 14.3 Å². The number of nitrogens with one attached hydrogen (secondary N) is 4. The van der Waals surface area contributed by atoms with Crippen LogP contribution >= 0.6 is 0 Å². The van der Waals surface area contributed by atoms with Crippen molar-refractivity contribution in [3.05, 3.63) is 64.5 Å². The minimum atomic E-state index is -0.241. The molecule has 4 N–H and O–H groups in total. The molecule has 44 heavy (non-hydrogen) atoms. The Morgan fingerprint density at radius 2 is 1.80 bits per heavy atom. The molecule has 0 aliphatic carbocycles. The second kappa shape index (κ2) is 13.2. The van der Waals surface area contributed by atoms with Gasteiger partial charge in [0.25, 0.3) is 11.8 Å². The molecular weight excluding hydrogens is 554 g/mol. The molecule has 10 nitrogen and oxygen atoms in total. The number of amides is 2. The Morgan fingerprint density at radius 3 is 2.41 bits per heavy atom. The molecule has 1 atom stereocenters. The van der Waals surface area contributed by atoms with E-state index in [0.29, 0.717) is 35.3 Å². The maximum atomic E-state index is 13.7. The molecule has 2 heterocycles. The number of benzene rings is 2. The van der Waals surface area contributed by atoms with Gasteiger partial charge in [-0.2, -0.15) is 0 Å². The van der Waals surface area contributed by atoms with Gasteiger partial charge < -0.3 is 20.3 Å². The van der Waals surface area contributed by atoms with Gasteiger partial charge in [-0.05, 0) is 67.6 Å². The van der Waals surface area contributed by atoms with Gasteiger partial charge in [-0.1, -0.05) is 53.7 Å². The van der Waals surface area contributed by atoms with E-state index >= 15 is 0 Å². The second-order valence-corrected chi connectivity index (χ2v) is 14.5. The van der Waals surface area contributed by atoms with Crippen molar-refractivity contribution in [2.45, 2.75) is 72.9 Å². The summed E-state index contributed by atoms with van der Waals surface area (Å²) >= 11 is 0. The number of methoxy groups -OCH3 is 1. The number of nitrogens with zero attached hydrogens (tertiary/aromatic N) is 3. The normalized spacial score (nSPS) is 17.5. The molecule has 0 bridgehead atoms. The number of carbonyl (C=O) groups excluding carboxylic acids is 2. The van der Waals surface area contributed by atoms with E-state index in [1.54, 1.807) is 18.3 Å². The Kier molecular flexibility index (Phi) is 9.97. The lowest BCUT2D eigenvalue weighted by Gasteiger charge is -2.26. The highest BCUT2D eigenvalue weighted by Crippen LogP contribution is 2.37. The van der Waals surface area contributed by atoms with Crippen LogP contribution in [0.15, 0.2) is 42.2 Å². The summed E-state index contributed by atoms with van der Waals surface area (Å²) in [4.78, 5) is 31.2. The van der Waals surface area contributed by atoms with Crippen LogP contribution in [0.5, 0.6) is 5.75 Å². The van der Waals surface area contributed by atoms with E-state index in [0.717, 1.165) is 48.4 Å². The molecule has 0 saturated carbocycles. The first-order chi connectivity index (χ1) is 20.6. The van der Waals surface area contributed by atoms with Crippen molar-refractivity contribution in [3.8, 4) is 5.75 Å². The summed E-state index contributed by atoms with van der Waals surface area (Å²) in [6.45, 7) is 18.0. The molecule has 2 aliphatic rings. The second-order valence-electron chi connectivity index (χ2n) is 14.5. The number of hydrogen-bond acceptors (Lipinski definition) is 8. The fourth-order valence-corrected chi connectivity index (χ4v) is 5.40. The first-order valence-electron chi connectivity index (χ1n) is 15.4. The molecule has 1 fully saturated rings. The Bertz CT molecular complexity index is 1400. The van der Waals surface area contributed by atoms with Crippen molar-refractivity contribution >= 4 is 23.2 Å². The van der Waals surface area contributed by atoms with Crippen molar-refractivity contribution in [3.63, 3.8) is 0 Å². The van der Waals surface area contributed by atoms with Gasteiger partial charge in [-0.15, -0.1) is 5.53 Å². The van der Waals surface area contributed by atoms with Gasteiger partial charge in [-0.25, -0.2) is 0 Å². The number of rotatable bonds is 9. The van der Waals surface area contributed by atoms with Gasteiger partial charge in [0.2, 0.25) is 0 Å². The Hall–Kier alpha value is -3.60. The lowest BCUT2D eigenvalue weighted by Crippen LogP contribution is -2.40. The third-order valence-electron chi connectivity index (χ3n) is 8.18. The number of anilines is 2. The number of likely N-dealkylation sites (tertiary alicyclic amines) is 1. The van der Waals surface area contributed by atoms with E-state index < -0.39 is 0 Å². The van der Waals surface area contributed by atoms with Crippen LogP contribution in [-0.2, 0) is 16.8 Å². The predicted molar refractivity (Wildman–Crippen MR) is 177 cm³/mol. The molecule has 2 aromatic rings. The summed E-state index contributed by atoms with van der Waals surface area (Å²) in [5.74, 6) is 0.246. The van der Waals surface area contributed by atoms with Crippen LogP contribution in [0.25, 0.3) is 0 Å². The van der Waals surface area contributed by atoms with Gasteiger partial charge >= 0.3 is 0 Å². The van der Waals surface area contributed by atoms with Crippen LogP contribution in [0.3, 0.4) is 0 Å². The van der Waals surface area contributed by atoms with Gasteiger partial charge in [-0.3, -0.25) is 24.9 Å². The van der Waals surface area contributed by atoms with Crippen molar-refractivity contribution in [1.29, 1.82) is 0 Å². The molecule has 0 radical (unpaired) electrons. The van der Waals surface area contributed by atoms with Crippen LogP contribution < -0.4 is 31.3 Å². The summed E-state index contributed by atoms with van der Waals surface area (Å²) in [5, 5.41) is 7.82. The first-order valence-corrected chi connectivity index (χ1v) is 15.4. The topological polar surface area (TPSA) is 101 Å². The molecule has 0 aromatic heterocycles. The van der Waals surface area contributed by atoms with Gasteiger partial charge in [0.05, 0.1) is 24.7 Å². The number of carbonyl (C=O) groups is 2. The fraction of sp³-hybridized carbons (Fsp3) is 0.529. The molecule has 240 valence electrons. The molecule has 2 aliphatic heterocycles. The fourth-order valence-electron chi connectivity index (χ4n) is 5.40. The van der Waals surface area contributed by atoms with Crippen LogP contribution in [0, 0.1) is 12.3 Å². The summed E-state index contributed by atoms with van der Waals surface area (Å²) in [6.07, 6.45) is 2.83. The third kappa shape index (κ3) is 8.11. The Morgan fingerprint density at radius 1 is 1.07 bits per heavy atom. The SMILES string of the molecule is COc1c(CN2CCC(N(C)C)C2)cc(C(C)(C)C)cc1NC(=O)c1ccc(C)c(N2C=C(C(=O)NCC(C)(C)C)NN2)c1. The van der Waals surface area contributed by atoms with Crippen LogP contribution in [-0.4, -0.2) is 68.5 Å². The van der Waals surface area contributed by atoms with E-state index in [4.69, 9.17) is 4.74 Å². The molecule has 2 aromatic carbocycles. The number of hydrazine groups is 2. The molecule has 10 heteroatoms. The van der Waals surface area contributed by atoms with Crippen LogP contribution in [0.1, 0.15) is 75.0 Å². The van der Waals surface area contributed by atoms with Crippen molar-refractivity contribution in [1.82, 2.24) is 26.1 Å². The maximum absolute atomic E-state index is 13.7. The van der Waals surface area contributed by atoms with Crippen LogP contribution in [0.4, 0.5) is 11.4 Å². The number of ether oxygens (including phenoxy) is 1. The zero-order valence-corrected chi connectivity index (χ0v) is 28.1. The lowest BCUT2D eigenvalue weighted by atomic mass is 9.85. The minimum Gasteiger partial charge on any atom is -0.494 e. The molecule has 2 amide bonds. The van der Waals surface area contributed by atoms with Gasteiger partial charge in [0.15, 0.2) is 0 Å². The number of hydrogen-bond donors (Lipinski definition) is 4. The summed E-state index contributed by atoms with van der Waals surface area (Å²) in [5.41, 5.74) is 11.3. The molecule has 1 unspecified atom stereocenters. The molecule has 1 saturated heterocycles. The highest BCUT2D eigenvalue weighted by molar-refractivity contribution is 6.06. The summed E-state index contributed by atoms with van der Waals surface area (Å²) < 4.78 is 5.94. The Balaban J connectivity index is 1.58. The summed E-state index contributed by atoms with van der Waals surface area (Å²) in [6, 6.07) is 10.3. The highest BCUT2D eigenvalue weighted by atomic mass is 16.5. The average Bonchev–Trinajstić information content (AvgIpc) is 3.61. The summed E-state index contributed by atoms with van der Waals surface area (Å²) in [7, 11) is 5.93. The first kappa shape index (κ1) is 33.3. The smallest absolute Gasteiger partial charge is 0.270 e. The van der Waals surface area contributed by atoms with Gasteiger partial charge in [0.1, 0.15) is 11.4 Å². The molecule has 4 rings (SSSR count). The molecular formula is C34H51N7O3. The van der Waals surface area contributed by atoms with E-state index in [-0.39, 0.29) is 22.6 Å². The number of aryl methyl sites for hydroxylation is 1. The van der Waals surface area contributed by atoms with E-state index in [1.165, 1.54) is 0 Å². The quantitative estimate of drug-likeness (QED) is 0.331. The largest absolute Gasteiger partial charge is 0.494 e. The predicted octanol–water partition coefficient (Wildman–Crippen LogP) is 4.52. The Labute approximate surface area is 263 Å².